The molecule has 0 aliphatic rings. The molecular formula is C17H20FNS. The van der Waals surface area contributed by atoms with Gasteiger partial charge in [-0.3, -0.25) is 0 Å². The Kier molecular flexibility index (Phi) is 5.10. The van der Waals surface area contributed by atoms with Gasteiger partial charge >= 0.3 is 0 Å². The molecule has 1 N–H and O–H groups in total. The van der Waals surface area contributed by atoms with Crippen molar-refractivity contribution in [3.63, 3.8) is 0 Å². The van der Waals surface area contributed by atoms with Gasteiger partial charge in [0.05, 0.1) is 0 Å². The molecule has 1 aromatic carbocycles. The number of likely N-dealkylation sites (N-methyl/N-ethyl adjacent to an activating group) is 1. The summed E-state index contributed by atoms with van der Waals surface area (Å²) in [4.78, 5) is 2.13. The third kappa shape index (κ3) is 3.56. The van der Waals surface area contributed by atoms with Crippen LogP contribution in [0.4, 0.5) is 4.39 Å². The molecule has 1 atom stereocenters. The van der Waals surface area contributed by atoms with Gasteiger partial charge in [-0.15, -0.1) is 11.3 Å². The van der Waals surface area contributed by atoms with Crippen LogP contribution in [0.25, 0.3) is 16.5 Å². The summed E-state index contributed by atoms with van der Waals surface area (Å²) in [5, 5.41) is 3.39. The maximum absolute atomic E-state index is 13.8. The maximum Gasteiger partial charge on any atom is 0.131 e. The molecule has 0 saturated carbocycles. The van der Waals surface area contributed by atoms with Crippen molar-refractivity contribution in [1.82, 2.24) is 5.32 Å². The SMILES string of the molecule is CCNC(C)/C(C)=C/c1ccc(-c2ccccc2F)s1. The highest BCUT2D eigenvalue weighted by Crippen LogP contribution is 2.31. The molecule has 1 unspecified atom stereocenters. The monoisotopic (exact) mass is 289 g/mol. The minimum Gasteiger partial charge on any atom is -0.311 e. The third-order valence-corrected chi connectivity index (χ3v) is 4.39. The fraction of sp³-hybridized carbons (Fsp3) is 0.294. The number of rotatable bonds is 5. The normalized spacial score (nSPS) is 13.5. The van der Waals surface area contributed by atoms with Crippen LogP contribution in [-0.4, -0.2) is 12.6 Å². The van der Waals surface area contributed by atoms with E-state index in [1.165, 1.54) is 11.6 Å². The lowest BCUT2D eigenvalue weighted by molar-refractivity contribution is 0.631. The minimum atomic E-state index is -0.164. The van der Waals surface area contributed by atoms with Gasteiger partial charge in [0, 0.05) is 21.4 Å². The van der Waals surface area contributed by atoms with Gasteiger partial charge in [0.2, 0.25) is 0 Å². The topological polar surface area (TPSA) is 12.0 Å². The van der Waals surface area contributed by atoms with Crippen LogP contribution in [0, 0.1) is 5.82 Å². The van der Waals surface area contributed by atoms with Crippen LogP contribution >= 0.6 is 11.3 Å². The van der Waals surface area contributed by atoms with Gasteiger partial charge in [0.25, 0.3) is 0 Å². The third-order valence-electron chi connectivity index (χ3n) is 3.33. The van der Waals surface area contributed by atoms with Crippen LogP contribution in [0.2, 0.25) is 0 Å². The number of hydrogen-bond donors (Lipinski definition) is 1. The van der Waals surface area contributed by atoms with E-state index in [1.807, 2.05) is 18.2 Å². The van der Waals surface area contributed by atoms with Gasteiger partial charge in [0.15, 0.2) is 0 Å². The van der Waals surface area contributed by atoms with Crippen molar-refractivity contribution in [2.24, 2.45) is 0 Å². The Bertz CT molecular complexity index is 601. The zero-order valence-corrected chi connectivity index (χ0v) is 12.9. The molecule has 20 heavy (non-hydrogen) atoms. The number of hydrogen-bond acceptors (Lipinski definition) is 2. The molecule has 1 heterocycles. The zero-order chi connectivity index (χ0) is 14.5. The molecule has 0 saturated heterocycles. The Morgan fingerprint density at radius 3 is 2.75 bits per heavy atom. The second kappa shape index (κ2) is 6.82. The summed E-state index contributed by atoms with van der Waals surface area (Å²) < 4.78 is 13.8. The highest BCUT2D eigenvalue weighted by atomic mass is 32.1. The summed E-state index contributed by atoms with van der Waals surface area (Å²) in [7, 11) is 0. The summed E-state index contributed by atoms with van der Waals surface area (Å²) >= 11 is 1.62. The van der Waals surface area contributed by atoms with Crippen molar-refractivity contribution in [2.45, 2.75) is 26.8 Å². The Balaban J connectivity index is 2.22. The summed E-state index contributed by atoms with van der Waals surface area (Å²) in [6.45, 7) is 7.33. The van der Waals surface area contributed by atoms with E-state index in [2.05, 4.69) is 38.2 Å². The molecule has 0 aliphatic heterocycles. The fourth-order valence-corrected chi connectivity index (χ4v) is 3.10. The molecule has 1 aromatic heterocycles. The van der Waals surface area contributed by atoms with Crippen LogP contribution in [0.3, 0.4) is 0 Å². The fourth-order valence-electron chi connectivity index (χ4n) is 2.05. The summed E-state index contributed by atoms with van der Waals surface area (Å²) in [5.74, 6) is -0.164. The molecule has 106 valence electrons. The van der Waals surface area contributed by atoms with E-state index >= 15 is 0 Å². The van der Waals surface area contributed by atoms with Crippen LogP contribution in [0.5, 0.6) is 0 Å². The van der Waals surface area contributed by atoms with Crippen LogP contribution < -0.4 is 5.32 Å². The average molecular weight is 289 g/mol. The van der Waals surface area contributed by atoms with Gasteiger partial charge in [-0.05, 0) is 44.7 Å². The van der Waals surface area contributed by atoms with Gasteiger partial charge in [0.1, 0.15) is 5.82 Å². The molecule has 0 fully saturated rings. The van der Waals surface area contributed by atoms with Crippen molar-refractivity contribution in [2.75, 3.05) is 6.54 Å². The van der Waals surface area contributed by atoms with Crippen molar-refractivity contribution < 1.29 is 4.39 Å². The highest BCUT2D eigenvalue weighted by Gasteiger charge is 2.07. The average Bonchev–Trinajstić information content (AvgIpc) is 2.87. The lowest BCUT2D eigenvalue weighted by atomic mass is 10.1. The van der Waals surface area contributed by atoms with Crippen molar-refractivity contribution in [3.05, 3.63) is 52.7 Å². The largest absolute Gasteiger partial charge is 0.311 e. The van der Waals surface area contributed by atoms with Crippen molar-refractivity contribution in [3.8, 4) is 10.4 Å². The predicted molar refractivity (Wildman–Crippen MR) is 86.5 cm³/mol. The Morgan fingerprint density at radius 2 is 2.05 bits per heavy atom. The Morgan fingerprint density at radius 1 is 1.30 bits per heavy atom. The molecule has 0 amide bonds. The molecule has 2 aromatic rings. The van der Waals surface area contributed by atoms with Crippen molar-refractivity contribution in [1.29, 1.82) is 0 Å². The van der Waals surface area contributed by atoms with Gasteiger partial charge < -0.3 is 5.32 Å². The minimum absolute atomic E-state index is 0.164. The standard InChI is InChI=1S/C17H20FNS/c1-4-19-13(3)12(2)11-14-9-10-17(20-14)15-7-5-6-8-16(15)18/h5-11,13,19H,4H2,1-3H3/b12-11+. The first-order chi connectivity index (χ1) is 9.61. The quantitative estimate of drug-likeness (QED) is 0.820. The molecule has 2 rings (SSSR count). The zero-order valence-electron chi connectivity index (χ0n) is 12.1. The highest BCUT2D eigenvalue weighted by molar-refractivity contribution is 7.16. The van der Waals surface area contributed by atoms with E-state index in [0.29, 0.717) is 11.6 Å². The van der Waals surface area contributed by atoms with E-state index < -0.39 is 0 Å². The van der Waals surface area contributed by atoms with Gasteiger partial charge in [-0.25, -0.2) is 4.39 Å². The second-order valence-corrected chi connectivity index (χ2v) is 5.96. The second-order valence-electron chi connectivity index (χ2n) is 4.85. The first-order valence-corrected chi connectivity index (χ1v) is 7.69. The van der Waals surface area contributed by atoms with E-state index in [4.69, 9.17) is 0 Å². The van der Waals surface area contributed by atoms with E-state index in [1.54, 1.807) is 17.4 Å². The molecule has 3 heteroatoms. The number of halogens is 1. The lowest BCUT2D eigenvalue weighted by Gasteiger charge is -2.12. The van der Waals surface area contributed by atoms with Gasteiger partial charge in [-0.2, -0.15) is 0 Å². The molecule has 0 spiro atoms. The maximum atomic E-state index is 13.8. The molecule has 0 aliphatic carbocycles. The predicted octanol–water partition coefficient (Wildman–Crippen LogP) is 4.96. The molecule has 0 radical (unpaired) electrons. The lowest BCUT2D eigenvalue weighted by Crippen LogP contribution is -2.26. The van der Waals surface area contributed by atoms with E-state index in [-0.39, 0.29) is 5.82 Å². The van der Waals surface area contributed by atoms with E-state index in [9.17, 15) is 4.39 Å². The Hall–Kier alpha value is -1.45. The first-order valence-electron chi connectivity index (χ1n) is 6.88. The summed E-state index contributed by atoms with van der Waals surface area (Å²) in [6.07, 6.45) is 2.17. The van der Waals surface area contributed by atoms with Gasteiger partial charge in [-0.1, -0.05) is 30.7 Å². The Labute approximate surface area is 124 Å². The molecule has 1 nitrogen and oxygen atoms in total. The number of thiophene rings is 1. The number of nitrogens with one attached hydrogen (secondary N) is 1. The van der Waals surface area contributed by atoms with Crippen LogP contribution in [0.15, 0.2) is 42.0 Å². The molecular weight excluding hydrogens is 269 g/mol. The number of benzene rings is 1. The molecule has 0 bridgehead atoms. The smallest absolute Gasteiger partial charge is 0.131 e. The summed E-state index contributed by atoms with van der Waals surface area (Å²) in [5.41, 5.74) is 1.96. The first kappa shape index (κ1) is 14.9. The summed E-state index contributed by atoms with van der Waals surface area (Å²) in [6, 6.07) is 11.3. The van der Waals surface area contributed by atoms with Crippen LogP contribution in [0.1, 0.15) is 25.6 Å². The van der Waals surface area contributed by atoms with Crippen molar-refractivity contribution >= 4 is 17.4 Å². The van der Waals surface area contributed by atoms with Crippen LogP contribution in [-0.2, 0) is 0 Å². The van der Waals surface area contributed by atoms with E-state index in [0.717, 1.165) is 16.3 Å².